The summed E-state index contributed by atoms with van der Waals surface area (Å²) >= 11 is 0. The molecule has 3 heteroatoms. The Morgan fingerprint density at radius 1 is 1.31 bits per heavy atom. The minimum atomic E-state index is -0.0817. The van der Waals surface area contributed by atoms with Crippen LogP contribution >= 0.6 is 0 Å². The van der Waals surface area contributed by atoms with Gasteiger partial charge in [-0.25, -0.2) is 4.98 Å². The van der Waals surface area contributed by atoms with Crippen molar-refractivity contribution in [2.75, 3.05) is 0 Å². The molecule has 0 bridgehead atoms. The third-order valence-corrected chi connectivity index (χ3v) is 2.48. The predicted octanol–water partition coefficient (Wildman–Crippen LogP) is 2.18. The molecule has 0 unspecified atom stereocenters. The molecule has 2 aromatic heterocycles. The Balaban J connectivity index is 2.74. The van der Waals surface area contributed by atoms with Crippen LogP contribution in [-0.4, -0.2) is 9.55 Å². The Morgan fingerprint density at radius 2 is 2.12 bits per heavy atom. The Hall–Kier alpha value is -2.16. The van der Waals surface area contributed by atoms with E-state index in [1.54, 1.807) is 29.0 Å². The Kier molecular flexibility index (Phi) is 2.68. The summed E-state index contributed by atoms with van der Waals surface area (Å²) in [5.41, 5.74) is 1.70. The summed E-state index contributed by atoms with van der Waals surface area (Å²) in [4.78, 5) is 16.0. The van der Waals surface area contributed by atoms with E-state index in [9.17, 15) is 4.79 Å². The third-order valence-electron chi connectivity index (χ3n) is 2.48. The molecule has 2 heterocycles. The summed E-state index contributed by atoms with van der Waals surface area (Å²) in [5, 5.41) is 0. The average molecular weight is 212 g/mol. The van der Waals surface area contributed by atoms with Gasteiger partial charge in [-0.15, -0.1) is 0 Å². The molecule has 0 radical (unpaired) electrons. The lowest BCUT2D eigenvalue weighted by atomic mass is 10.2. The lowest BCUT2D eigenvalue weighted by Gasteiger charge is -2.10. The Bertz CT molecular complexity index is 570. The number of rotatable bonds is 2. The van der Waals surface area contributed by atoms with E-state index in [0.29, 0.717) is 5.82 Å². The SMILES string of the molecule is C=Cc1ccc(=O)n(-c2ccccn2)c1C. The molecule has 0 saturated carbocycles. The lowest BCUT2D eigenvalue weighted by molar-refractivity contribution is 0.893. The highest BCUT2D eigenvalue weighted by molar-refractivity contribution is 5.50. The minimum absolute atomic E-state index is 0.0817. The first-order valence-corrected chi connectivity index (χ1v) is 5.00. The summed E-state index contributed by atoms with van der Waals surface area (Å²) in [5.74, 6) is 0.633. The molecule has 0 fully saturated rings. The minimum Gasteiger partial charge on any atom is -0.269 e. The smallest absolute Gasteiger partial charge is 0.256 e. The van der Waals surface area contributed by atoms with Gasteiger partial charge in [-0.1, -0.05) is 18.7 Å². The van der Waals surface area contributed by atoms with Crippen LogP contribution in [0.1, 0.15) is 11.3 Å². The van der Waals surface area contributed by atoms with Gasteiger partial charge >= 0.3 is 0 Å². The van der Waals surface area contributed by atoms with Crippen LogP contribution in [0.3, 0.4) is 0 Å². The van der Waals surface area contributed by atoms with Crippen LogP contribution < -0.4 is 5.56 Å². The number of hydrogen-bond donors (Lipinski definition) is 0. The van der Waals surface area contributed by atoms with Gasteiger partial charge < -0.3 is 0 Å². The second kappa shape index (κ2) is 4.14. The maximum atomic E-state index is 11.8. The van der Waals surface area contributed by atoms with Gasteiger partial charge in [0.05, 0.1) is 0 Å². The van der Waals surface area contributed by atoms with Gasteiger partial charge in [0.25, 0.3) is 5.56 Å². The molecule has 2 rings (SSSR count). The largest absolute Gasteiger partial charge is 0.269 e. The molecule has 16 heavy (non-hydrogen) atoms. The molecule has 2 aromatic rings. The molecule has 0 saturated heterocycles. The molecule has 0 N–H and O–H groups in total. The normalized spacial score (nSPS) is 10.1. The van der Waals surface area contributed by atoms with Crippen molar-refractivity contribution in [2.45, 2.75) is 6.92 Å². The highest BCUT2D eigenvalue weighted by Gasteiger charge is 2.06. The zero-order valence-electron chi connectivity index (χ0n) is 9.05. The van der Waals surface area contributed by atoms with Gasteiger partial charge in [-0.3, -0.25) is 9.36 Å². The third kappa shape index (κ3) is 1.67. The van der Waals surface area contributed by atoms with Gasteiger partial charge in [-0.05, 0) is 30.7 Å². The highest BCUT2D eigenvalue weighted by atomic mass is 16.1. The molecule has 0 atom stereocenters. The fourth-order valence-electron chi connectivity index (χ4n) is 1.64. The van der Waals surface area contributed by atoms with Crippen molar-refractivity contribution in [3.8, 4) is 5.82 Å². The van der Waals surface area contributed by atoms with Crippen LogP contribution in [0.5, 0.6) is 0 Å². The molecular weight excluding hydrogens is 200 g/mol. The van der Waals surface area contributed by atoms with Crippen molar-refractivity contribution >= 4 is 6.08 Å². The molecule has 80 valence electrons. The van der Waals surface area contributed by atoms with Gasteiger partial charge in [0.1, 0.15) is 5.82 Å². The molecule has 0 aliphatic heterocycles. The van der Waals surface area contributed by atoms with Crippen LogP contribution in [0, 0.1) is 6.92 Å². The van der Waals surface area contributed by atoms with Crippen molar-refractivity contribution in [2.24, 2.45) is 0 Å². The van der Waals surface area contributed by atoms with Crippen molar-refractivity contribution in [3.05, 3.63) is 64.7 Å². The number of aromatic nitrogens is 2. The van der Waals surface area contributed by atoms with Crippen molar-refractivity contribution in [3.63, 3.8) is 0 Å². The van der Waals surface area contributed by atoms with Gasteiger partial charge in [-0.2, -0.15) is 0 Å². The van der Waals surface area contributed by atoms with Crippen LogP contribution in [0.2, 0.25) is 0 Å². The van der Waals surface area contributed by atoms with E-state index in [-0.39, 0.29) is 5.56 Å². The van der Waals surface area contributed by atoms with E-state index >= 15 is 0 Å². The van der Waals surface area contributed by atoms with Crippen molar-refractivity contribution < 1.29 is 0 Å². The molecular formula is C13H12N2O. The molecule has 0 spiro atoms. The zero-order chi connectivity index (χ0) is 11.5. The van der Waals surface area contributed by atoms with E-state index in [2.05, 4.69) is 11.6 Å². The summed E-state index contributed by atoms with van der Waals surface area (Å²) in [7, 11) is 0. The first-order valence-electron chi connectivity index (χ1n) is 5.00. The topological polar surface area (TPSA) is 34.9 Å². The van der Waals surface area contributed by atoms with E-state index in [4.69, 9.17) is 0 Å². The maximum Gasteiger partial charge on any atom is 0.256 e. The number of hydrogen-bond acceptors (Lipinski definition) is 2. The molecule has 0 aromatic carbocycles. The van der Waals surface area contributed by atoms with Crippen molar-refractivity contribution in [1.29, 1.82) is 0 Å². The predicted molar refractivity (Wildman–Crippen MR) is 64.7 cm³/mol. The summed E-state index contributed by atoms with van der Waals surface area (Å²) in [6, 6.07) is 8.78. The van der Waals surface area contributed by atoms with E-state index in [1.807, 2.05) is 19.1 Å². The van der Waals surface area contributed by atoms with Gasteiger partial charge in [0, 0.05) is 18.0 Å². The first-order chi connectivity index (χ1) is 7.74. The standard InChI is InChI=1S/C13H12N2O/c1-3-11-7-8-13(16)15(10(11)2)12-6-4-5-9-14-12/h3-9H,1H2,2H3. The highest BCUT2D eigenvalue weighted by Crippen LogP contribution is 2.10. The molecule has 0 amide bonds. The summed E-state index contributed by atoms with van der Waals surface area (Å²) in [6.45, 7) is 5.60. The zero-order valence-corrected chi connectivity index (χ0v) is 9.05. The number of nitrogens with zero attached hydrogens (tertiary/aromatic N) is 2. The fraction of sp³-hybridized carbons (Fsp3) is 0.0769. The Labute approximate surface area is 93.7 Å². The Morgan fingerprint density at radius 3 is 2.75 bits per heavy atom. The quantitative estimate of drug-likeness (QED) is 0.764. The molecule has 3 nitrogen and oxygen atoms in total. The van der Waals surface area contributed by atoms with Crippen LogP contribution in [0.4, 0.5) is 0 Å². The maximum absolute atomic E-state index is 11.8. The first kappa shape index (κ1) is 10.4. The summed E-state index contributed by atoms with van der Waals surface area (Å²) < 4.78 is 1.58. The van der Waals surface area contributed by atoms with Crippen LogP contribution in [0.25, 0.3) is 11.9 Å². The second-order valence-corrected chi connectivity index (χ2v) is 3.44. The summed E-state index contributed by atoms with van der Waals surface area (Å²) in [6.07, 6.45) is 3.40. The van der Waals surface area contributed by atoms with E-state index in [1.165, 1.54) is 6.07 Å². The van der Waals surface area contributed by atoms with Gasteiger partial charge in [0.15, 0.2) is 0 Å². The number of pyridine rings is 2. The van der Waals surface area contributed by atoms with Crippen LogP contribution in [-0.2, 0) is 0 Å². The lowest BCUT2D eigenvalue weighted by Crippen LogP contribution is -2.21. The molecule has 0 aliphatic rings. The fourth-order valence-corrected chi connectivity index (χ4v) is 1.64. The van der Waals surface area contributed by atoms with Crippen LogP contribution in [0.15, 0.2) is 47.9 Å². The van der Waals surface area contributed by atoms with Crippen molar-refractivity contribution in [1.82, 2.24) is 9.55 Å². The van der Waals surface area contributed by atoms with Gasteiger partial charge in [0.2, 0.25) is 0 Å². The monoisotopic (exact) mass is 212 g/mol. The second-order valence-electron chi connectivity index (χ2n) is 3.44. The van der Waals surface area contributed by atoms with E-state index < -0.39 is 0 Å². The van der Waals surface area contributed by atoms with E-state index in [0.717, 1.165) is 11.3 Å². The average Bonchev–Trinajstić information content (AvgIpc) is 2.31. The molecule has 0 aliphatic carbocycles.